The van der Waals surface area contributed by atoms with Gasteiger partial charge >= 0.3 is 0 Å². The number of Topliss-reactive ketones (excluding diaryl/α,β-unsaturated/α-hetero) is 3. The molecule has 1 aromatic heterocycles. The molecule has 36 heavy (non-hydrogen) atoms. The van der Waals surface area contributed by atoms with Gasteiger partial charge in [-0.1, -0.05) is 64.5 Å². The van der Waals surface area contributed by atoms with E-state index in [4.69, 9.17) is 0 Å². The van der Waals surface area contributed by atoms with E-state index in [9.17, 15) is 14.4 Å². The summed E-state index contributed by atoms with van der Waals surface area (Å²) in [6.07, 6.45) is 1.70. The SMILES string of the molecule is O=C(c1nc2ccccc2[nH]1)C1C(c2ccc(Br)cc2)C2CCCN2C12C(=O)c1ccccc1C2=O. The molecule has 2 aliphatic heterocycles. The number of benzene rings is 3. The second-order valence-electron chi connectivity index (χ2n) is 9.89. The van der Waals surface area contributed by atoms with Crippen LogP contribution in [0.5, 0.6) is 0 Å². The highest BCUT2D eigenvalue weighted by Gasteiger charge is 2.72. The van der Waals surface area contributed by atoms with E-state index in [1.807, 2.05) is 48.5 Å². The molecular formula is C29H22BrN3O3. The van der Waals surface area contributed by atoms with E-state index >= 15 is 0 Å². The van der Waals surface area contributed by atoms with Gasteiger partial charge in [0.2, 0.25) is 5.78 Å². The number of para-hydroxylation sites is 2. The third-order valence-corrected chi connectivity index (χ3v) is 8.77. The van der Waals surface area contributed by atoms with E-state index in [2.05, 4.69) is 30.8 Å². The zero-order valence-electron chi connectivity index (χ0n) is 19.3. The first-order valence-electron chi connectivity index (χ1n) is 12.2. The number of ketones is 3. The Bertz CT molecular complexity index is 1510. The highest BCUT2D eigenvalue weighted by atomic mass is 79.9. The highest BCUT2D eigenvalue weighted by molar-refractivity contribution is 9.10. The molecule has 0 radical (unpaired) electrons. The Morgan fingerprint density at radius 3 is 2.31 bits per heavy atom. The number of aromatic nitrogens is 2. The maximum absolute atomic E-state index is 14.5. The number of nitrogens with zero attached hydrogens (tertiary/aromatic N) is 2. The van der Waals surface area contributed by atoms with Gasteiger partial charge in [-0.2, -0.15) is 0 Å². The van der Waals surface area contributed by atoms with Gasteiger partial charge in [0.25, 0.3) is 0 Å². The van der Waals surface area contributed by atoms with Gasteiger partial charge in [-0.05, 0) is 49.2 Å². The van der Waals surface area contributed by atoms with Crippen LogP contribution in [0, 0.1) is 5.92 Å². The number of aromatic amines is 1. The molecule has 3 aromatic carbocycles. The van der Waals surface area contributed by atoms with Crippen LogP contribution < -0.4 is 0 Å². The van der Waals surface area contributed by atoms with Crippen LogP contribution in [0.2, 0.25) is 0 Å². The molecule has 178 valence electrons. The Hall–Kier alpha value is -3.42. The standard InChI is InChI=1S/C29H22BrN3O3/c30-17-13-11-16(12-14-17)23-22-10-5-15-33(22)29(26(35)18-6-1-2-7-19(18)27(29)36)24(23)25(34)28-31-20-8-3-4-9-21(20)32-28/h1-4,6-9,11-14,22-24H,5,10,15H2,(H,31,32). The van der Waals surface area contributed by atoms with Crippen molar-refractivity contribution in [2.75, 3.05) is 6.54 Å². The molecule has 2 fully saturated rings. The molecule has 2 saturated heterocycles. The predicted molar refractivity (Wildman–Crippen MR) is 138 cm³/mol. The molecule has 1 aliphatic carbocycles. The zero-order chi connectivity index (χ0) is 24.6. The first-order chi connectivity index (χ1) is 17.5. The lowest BCUT2D eigenvalue weighted by molar-refractivity contribution is 0.0470. The van der Waals surface area contributed by atoms with Crippen LogP contribution in [-0.4, -0.2) is 50.3 Å². The van der Waals surface area contributed by atoms with Crippen molar-refractivity contribution in [3.63, 3.8) is 0 Å². The largest absolute Gasteiger partial charge is 0.335 e. The number of imidazole rings is 1. The van der Waals surface area contributed by atoms with Crippen LogP contribution in [0.4, 0.5) is 0 Å². The van der Waals surface area contributed by atoms with Gasteiger partial charge in [0, 0.05) is 27.6 Å². The van der Waals surface area contributed by atoms with Crippen molar-refractivity contribution in [2.45, 2.75) is 30.3 Å². The van der Waals surface area contributed by atoms with Crippen LogP contribution >= 0.6 is 15.9 Å². The van der Waals surface area contributed by atoms with Gasteiger partial charge in [-0.3, -0.25) is 19.3 Å². The molecular weight excluding hydrogens is 518 g/mol. The van der Waals surface area contributed by atoms with E-state index in [1.165, 1.54) is 0 Å². The summed E-state index contributed by atoms with van der Waals surface area (Å²) in [6.45, 7) is 0.604. The summed E-state index contributed by atoms with van der Waals surface area (Å²) in [7, 11) is 0. The molecule has 7 heteroatoms. The average molecular weight is 540 g/mol. The third kappa shape index (κ3) is 2.75. The predicted octanol–water partition coefficient (Wildman–Crippen LogP) is 5.20. The van der Waals surface area contributed by atoms with E-state index < -0.39 is 11.5 Å². The van der Waals surface area contributed by atoms with Crippen molar-refractivity contribution >= 4 is 44.3 Å². The van der Waals surface area contributed by atoms with Crippen molar-refractivity contribution in [3.05, 3.63) is 99.8 Å². The van der Waals surface area contributed by atoms with Gasteiger partial charge in [0.1, 0.15) is 0 Å². The normalized spacial score (nSPS) is 24.5. The van der Waals surface area contributed by atoms with Gasteiger partial charge in [0.15, 0.2) is 22.9 Å². The molecule has 3 heterocycles. The van der Waals surface area contributed by atoms with Gasteiger partial charge in [0.05, 0.1) is 17.0 Å². The summed E-state index contributed by atoms with van der Waals surface area (Å²) in [6, 6.07) is 22.3. The molecule has 3 unspecified atom stereocenters. The number of rotatable bonds is 3. The number of carbonyl (C=O) groups is 3. The molecule has 4 aromatic rings. The number of H-pyrrole nitrogens is 1. The van der Waals surface area contributed by atoms with Crippen molar-refractivity contribution in [1.82, 2.24) is 14.9 Å². The van der Waals surface area contributed by atoms with E-state index in [1.54, 1.807) is 24.3 Å². The molecule has 3 atom stereocenters. The fourth-order valence-corrected chi connectivity index (χ4v) is 7.13. The van der Waals surface area contributed by atoms with E-state index in [-0.39, 0.29) is 35.1 Å². The van der Waals surface area contributed by atoms with E-state index in [0.717, 1.165) is 28.4 Å². The maximum atomic E-state index is 14.5. The Kier molecular flexibility index (Phi) is 4.72. The number of nitrogens with one attached hydrogen (secondary N) is 1. The maximum Gasteiger partial charge on any atom is 0.204 e. The molecule has 0 amide bonds. The number of halogens is 1. The topological polar surface area (TPSA) is 83.1 Å². The summed E-state index contributed by atoms with van der Waals surface area (Å²) >= 11 is 3.51. The summed E-state index contributed by atoms with van der Waals surface area (Å²) in [5.74, 6) is -1.82. The number of hydrogen-bond acceptors (Lipinski definition) is 5. The Morgan fingerprint density at radius 1 is 0.944 bits per heavy atom. The van der Waals surface area contributed by atoms with Crippen LogP contribution in [0.3, 0.4) is 0 Å². The molecule has 6 nitrogen and oxygen atoms in total. The molecule has 1 spiro atoms. The average Bonchev–Trinajstić information content (AvgIpc) is 3.65. The summed E-state index contributed by atoms with van der Waals surface area (Å²) in [5.41, 5.74) is 1.65. The van der Waals surface area contributed by atoms with Crippen LogP contribution in [-0.2, 0) is 0 Å². The summed E-state index contributed by atoms with van der Waals surface area (Å²) < 4.78 is 0.933. The zero-order valence-corrected chi connectivity index (χ0v) is 20.9. The van der Waals surface area contributed by atoms with Crippen molar-refractivity contribution in [1.29, 1.82) is 0 Å². The lowest BCUT2D eigenvalue weighted by atomic mass is 9.70. The van der Waals surface area contributed by atoms with Crippen LogP contribution in [0.1, 0.15) is 55.7 Å². The van der Waals surface area contributed by atoms with Crippen LogP contribution in [0.25, 0.3) is 11.0 Å². The second-order valence-corrected chi connectivity index (χ2v) is 10.8. The smallest absolute Gasteiger partial charge is 0.204 e. The molecule has 7 rings (SSSR count). The van der Waals surface area contributed by atoms with Crippen LogP contribution in [0.15, 0.2) is 77.3 Å². The molecule has 1 N–H and O–H groups in total. The quantitative estimate of drug-likeness (QED) is 0.285. The monoisotopic (exact) mass is 539 g/mol. The number of carbonyl (C=O) groups excluding carboxylic acids is 3. The Labute approximate surface area is 215 Å². The van der Waals surface area contributed by atoms with Gasteiger partial charge in [-0.15, -0.1) is 0 Å². The summed E-state index contributed by atoms with van der Waals surface area (Å²) in [4.78, 5) is 52.8. The summed E-state index contributed by atoms with van der Waals surface area (Å²) in [5, 5.41) is 0. The van der Waals surface area contributed by atoms with Crippen molar-refractivity contribution in [3.8, 4) is 0 Å². The van der Waals surface area contributed by atoms with Gasteiger partial charge < -0.3 is 4.98 Å². The molecule has 0 saturated carbocycles. The minimum absolute atomic E-state index is 0.0910. The third-order valence-electron chi connectivity index (χ3n) is 8.24. The second kappa shape index (κ2) is 7.79. The Balaban J connectivity index is 1.47. The first kappa shape index (κ1) is 21.8. The number of hydrogen-bond donors (Lipinski definition) is 1. The van der Waals surface area contributed by atoms with Crippen molar-refractivity contribution < 1.29 is 14.4 Å². The van der Waals surface area contributed by atoms with Crippen molar-refractivity contribution in [2.24, 2.45) is 5.92 Å². The minimum atomic E-state index is -1.56. The van der Waals surface area contributed by atoms with Gasteiger partial charge in [-0.25, -0.2) is 4.98 Å². The molecule has 3 aliphatic rings. The lowest BCUT2D eigenvalue weighted by Crippen LogP contribution is -2.59. The number of fused-ring (bicyclic) bond motifs is 4. The fraction of sp³-hybridized carbons (Fsp3) is 0.241. The first-order valence-corrected chi connectivity index (χ1v) is 13.0. The van der Waals surface area contributed by atoms with E-state index in [0.29, 0.717) is 23.2 Å². The minimum Gasteiger partial charge on any atom is -0.335 e. The highest BCUT2D eigenvalue weighted by Crippen LogP contribution is 2.57. The lowest BCUT2D eigenvalue weighted by Gasteiger charge is -2.35. The Morgan fingerprint density at radius 2 is 1.61 bits per heavy atom. The molecule has 0 bridgehead atoms. The fourth-order valence-electron chi connectivity index (χ4n) is 6.87.